The van der Waals surface area contributed by atoms with Crippen LogP contribution in [-0.2, 0) is 27.1 Å². The summed E-state index contributed by atoms with van der Waals surface area (Å²) in [6, 6.07) is 4.14. The van der Waals surface area contributed by atoms with Crippen molar-refractivity contribution in [3.8, 4) is 5.75 Å². The van der Waals surface area contributed by atoms with Crippen molar-refractivity contribution < 1.29 is 23.4 Å². The van der Waals surface area contributed by atoms with E-state index in [4.69, 9.17) is 23.6 Å². The monoisotopic (exact) mass is 471 g/mol. The first-order valence-electron chi connectivity index (χ1n) is 12.8. The predicted molar refractivity (Wildman–Crippen MR) is 133 cm³/mol. The Balaban J connectivity index is 1.62. The lowest BCUT2D eigenvalue weighted by Crippen LogP contribution is -2.31. The molecule has 0 bridgehead atoms. The van der Waals surface area contributed by atoms with E-state index in [9.17, 15) is 4.79 Å². The van der Waals surface area contributed by atoms with Crippen LogP contribution in [0.5, 0.6) is 5.75 Å². The second-order valence-corrected chi connectivity index (χ2v) is 9.68. The molecule has 0 aliphatic heterocycles. The average Bonchev–Trinajstić information content (AvgIpc) is 3.16. The minimum absolute atomic E-state index is 0.0576. The summed E-state index contributed by atoms with van der Waals surface area (Å²) in [6.45, 7) is 12.6. The number of carbonyl (C=O) groups is 1. The largest absolute Gasteiger partial charge is 0.493 e. The smallest absolute Gasteiger partial charge is 0.335 e. The first-order valence-corrected chi connectivity index (χ1v) is 12.8. The normalized spacial score (nSPS) is 15.5. The summed E-state index contributed by atoms with van der Waals surface area (Å²) in [6.07, 6.45) is 6.74. The molecule has 2 aromatic rings. The van der Waals surface area contributed by atoms with E-state index in [0.29, 0.717) is 25.6 Å². The molecule has 0 N–H and O–H groups in total. The van der Waals surface area contributed by atoms with Crippen LogP contribution in [0.1, 0.15) is 92.8 Å². The van der Waals surface area contributed by atoms with Crippen LogP contribution in [0.2, 0.25) is 0 Å². The van der Waals surface area contributed by atoms with Crippen molar-refractivity contribution in [3.05, 3.63) is 46.2 Å². The number of nitrogens with zero attached hydrogens (tertiary/aromatic N) is 1. The van der Waals surface area contributed by atoms with Crippen molar-refractivity contribution in [3.63, 3.8) is 0 Å². The van der Waals surface area contributed by atoms with Gasteiger partial charge in [-0.05, 0) is 71.1 Å². The number of ether oxygens (including phenoxy) is 3. The molecular formula is C28H41NO5. The van der Waals surface area contributed by atoms with Crippen LogP contribution in [-0.4, -0.2) is 36.4 Å². The average molecular weight is 472 g/mol. The molecule has 1 fully saturated rings. The Morgan fingerprint density at radius 2 is 1.79 bits per heavy atom. The maximum atomic E-state index is 12.3. The lowest BCUT2D eigenvalue weighted by atomic mass is 9.89. The summed E-state index contributed by atoms with van der Waals surface area (Å²) in [7, 11) is 0. The Morgan fingerprint density at radius 1 is 1.12 bits per heavy atom. The lowest BCUT2D eigenvalue weighted by molar-refractivity contribution is -0.159. The summed E-state index contributed by atoms with van der Waals surface area (Å²) in [5.74, 6) is 2.85. The molecule has 1 atom stereocenters. The number of aryl methyl sites for hydroxylation is 3. The van der Waals surface area contributed by atoms with Gasteiger partial charge in [-0.1, -0.05) is 31.4 Å². The Hall–Kier alpha value is -2.34. The zero-order valence-corrected chi connectivity index (χ0v) is 21.7. The van der Waals surface area contributed by atoms with Crippen LogP contribution < -0.4 is 4.74 Å². The fourth-order valence-corrected chi connectivity index (χ4v) is 4.81. The van der Waals surface area contributed by atoms with Gasteiger partial charge in [0, 0.05) is 18.8 Å². The molecule has 1 unspecified atom stereocenters. The van der Waals surface area contributed by atoms with Gasteiger partial charge in [0.1, 0.15) is 11.5 Å². The van der Waals surface area contributed by atoms with Crippen LogP contribution in [0.15, 0.2) is 16.5 Å². The Labute approximate surface area is 204 Å². The highest BCUT2D eigenvalue weighted by atomic mass is 16.6. The molecule has 34 heavy (non-hydrogen) atoms. The van der Waals surface area contributed by atoms with Crippen molar-refractivity contribution in [1.82, 2.24) is 4.98 Å². The third kappa shape index (κ3) is 7.08. The number of esters is 1. The molecule has 1 aromatic heterocycles. The third-order valence-electron chi connectivity index (χ3n) is 6.38. The van der Waals surface area contributed by atoms with E-state index < -0.39 is 6.10 Å². The summed E-state index contributed by atoms with van der Waals surface area (Å²) in [4.78, 5) is 17.1. The summed E-state index contributed by atoms with van der Waals surface area (Å²) < 4.78 is 23.2. The van der Waals surface area contributed by atoms with Crippen molar-refractivity contribution in [2.75, 3.05) is 13.2 Å². The Bertz CT molecular complexity index is 919. The zero-order chi connectivity index (χ0) is 24.7. The van der Waals surface area contributed by atoms with E-state index in [0.717, 1.165) is 46.2 Å². The van der Waals surface area contributed by atoms with Crippen molar-refractivity contribution in [2.45, 2.75) is 105 Å². The van der Waals surface area contributed by atoms with E-state index in [1.807, 2.05) is 41.5 Å². The summed E-state index contributed by atoms with van der Waals surface area (Å²) in [5.41, 5.74) is 4.12. The maximum absolute atomic E-state index is 12.3. The highest BCUT2D eigenvalue weighted by Crippen LogP contribution is 2.33. The molecule has 0 saturated heterocycles. The first kappa shape index (κ1) is 26.3. The first-order chi connectivity index (χ1) is 16.3. The van der Waals surface area contributed by atoms with E-state index in [1.165, 1.54) is 32.1 Å². The number of benzene rings is 1. The van der Waals surface area contributed by atoms with Gasteiger partial charge < -0.3 is 18.6 Å². The Kier molecular flexibility index (Phi) is 9.57. The van der Waals surface area contributed by atoms with Crippen LogP contribution in [0.3, 0.4) is 0 Å². The summed E-state index contributed by atoms with van der Waals surface area (Å²) >= 11 is 0. The molecule has 1 aliphatic carbocycles. The fourth-order valence-electron chi connectivity index (χ4n) is 4.81. The van der Waals surface area contributed by atoms with Gasteiger partial charge in [-0.15, -0.1) is 0 Å². The molecular weight excluding hydrogens is 430 g/mol. The van der Waals surface area contributed by atoms with E-state index in [-0.39, 0.29) is 12.1 Å². The van der Waals surface area contributed by atoms with Gasteiger partial charge in [0.2, 0.25) is 0 Å². The van der Waals surface area contributed by atoms with Gasteiger partial charge in [-0.2, -0.15) is 0 Å². The van der Waals surface area contributed by atoms with Crippen LogP contribution in [0.4, 0.5) is 0 Å². The lowest BCUT2D eigenvalue weighted by Gasteiger charge is -2.20. The molecule has 0 radical (unpaired) electrons. The zero-order valence-electron chi connectivity index (χ0n) is 21.7. The second kappa shape index (κ2) is 12.4. The van der Waals surface area contributed by atoms with Gasteiger partial charge in [0.05, 0.1) is 25.0 Å². The maximum Gasteiger partial charge on any atom is 0.335 e. The van der Waals surface area contributed by atoms with Crippen molar-refractivity contribution in [1.29, 1.82) is 0 Å². The quantitative estimate of drug-likeness (QED) is 0.365. The molecule has 6 nitrogen and oxygen atoms in total. The number of aromatic nitrogens is 1. The van der Waals surface area contributed by atoms with Crippen LogP contribution in [0.25, 0.3) is 0 Å². The highest BCUT2D eigenvalue weighted by Gasteiger charge is 2.24. The van der Waals surface area contributed by atoms with Crippen molar-refractivity contribution >= 4 is 5.97 Å². The predicted octanol–water partition coefficient (Wildman–Crippen LogP) is 6.17. The van der Waals surface area contributed by atoms with Crippen LogP contribution in [0, 0.1) is 20.8 Å². The minimum atomic E-state index is -0.612. The van der Waals surface area contributed by atoms with Gasteiger partial charge in [-0.3, -0.25) is 0 Å². The third-order valence-corrected chi connectivity index (χ3v) is 6.38. The second-order valence-electron chi connectivity index (χ2n) is 9.68. The number of hydrogen-bond donors (Lipinski definition) is 0. The van der Waals surface area contributed by atoms with E-state index in [1.54, 1.807) is 0 Å². The number of carbonyl (C=O) groups excluding carboxylic acids is 1. The topological polar surface area (TPSA) is 70.8 Å². The molecule has 1 saturated carbocycles. The highest BCUT2D eigenvalue weighted by molar-refractivity contribution is 5.75. The van der Waals surface area contributed by atoms with E-state index in [2.05, 4.69) is 12.1 Å². The molecule has 0 amide bonds. The molecule has 1 heterocycles. The minimum Gasteiger partial charge on any atom is -0.493 e. The molecule has 0 spiro atoms. The summed E-state index contributed by atoms with van der Waals surface area (Å²) in [5, 5.41) is 0. The molecule has 3 rings (SSSR count). The number of oxazole rings is 1. The number of hydrogen-bond acceptors (Lipinski definition) is 6. The van der Waals surface area contributed by atoms with Gasteiger partial charge in [0.15, 0.2) is 12.0 Å². The van der Waals surface area contributed by atoms with E-state index >= 15 is 0 Å². The van der Waals surface area contributed by atoms with Crippen molar-refractivity contribution in [2.24, 2.45) is 0 Å². The fraction of sp³-hybridized carbons (Fsp3) is 0.643. The SMILES string of the molecule is CCOC(=O)C(Cc1cc(C)c(OCCc2nc(C3CCCCC3)oc2C)c(C)c1)OC(C)C. The molecule has 1 aromatic carbocycles. The van der Waals surface area contributed by atoms with Gasteiger partial charge in [0.25, 0.3) is 0 Å². The standard InChI is InChI=1S/C28H41NO5/c1-7-31-28(30)25(33-18(2)3)17-22-15-19(4)26(20(5)16-22)32-14-13-24-21(6)34-27(29-24)23-11-9-8-10-12-23/h15-16,18,23,25H,7-14,17H2,1-6H3. The molecule has 188 valence electrons. The van der Waals surface area contributed by atoms with Gasteiger partial charge in [-0.25, -0.2) is 9.78 Å². The Morgan fingerprint density at radius 3 is 2.41 bits per heavy atom. The van der Waals surface area contributed by atoms with Gasteiger partial charge >= 0.3 is 5.97 Å². The van der Waals surface area contributed by atoms with Crippen LogP contribution >= 0.6 is 0 Å². The number of rotatable bonds is 11. The molecule has 6 heteroatoms. The molecule has 1 aliphatic rings.